The number of aromatic nitrogens is 3. The van der Waals surface area contributed by atoms with Crippen LogP contribution in [-0.2, 0) is 0 Å². The first-order chi connectivity index (χ1) is 15.7. The Kier molecular flexibility index (Phi) is 5.87. The van der Waals surface area contributed by atoms with Crippen LogP contribution in [0, 0.1) is 0 Å². The van der Waals surface area contributed by atoms with Crippen LogP contribution in [0.5, 0.6) is 0 Å². The molecule has 32 heavy (non-hydrogen) atoms. The minimum Gasteiger partial charge on any atom is -0.339 e. The van der Waals surface area contributed by atoms with E-state index in [2.05, 4.69) is 25.6 Å². The average molecular weight is 465 g/mol. The quantitative estimate of drug-likeness (QED) is 0.385. The Morgan fingerprint density at radius 1 is 1.00 bits per heavy atom. The second-order valence-electron chi connectivity index (χ2n) is 7.61. The van der Waals surface area contributed by atoms with Gasteiger partial charge in [0.05, 0.1) is 21.9 Å². The second kappa shape index (κ2) is 9.10. The zero-order valence-corrected chi connectivity index (χ0v) is 18.8. The Balaban J connectivity index is 1.34. The molecule has 3 heterocycles. The lowest BCUT2D eigenvalue weighted by molar-refractivity contribution is 0.0724. The molecule has 0 atom stereocenters. The summed E-state index contributed by atoms with van der Waals surface area (Å²) in [7, 11) is 0. The molecule has 1 aliphatic rings. The summed E-state index contributed by atoms with van der Waals surface area (Å²) in [6, 6.07) is 13.3. The van der Waals surface area contributed by atoms with Crippen LogP contribution in [0.3, 0.4) is 0 Å². The largest absolute Gasteiger partial charge is 0.339 e. The van der Waals surface area contributed by atoms with Crippen LogP contribution < -0.4 is 10.6 Å². The predicted molar refractivity (Wildman–Crippen MR) is 129 cm³/mol. The van der Waals surface area contributed by atoms with E-state index in [1.165, 1.54) is 6.42 Å². The number of amides is 1. The number of carbonyl (C=O) groups is 1. The standard InChI is InChI=1S/C23H21ClN6OS/c24-18-13-25-23(28-17-7-8-19-20(12-17)32-14-26-19)29-21(18)27-16-6-4-5-15(11-16)22(31)30-9-2-1-3-10-30/h4-8,11-14H,1-3,9-10H2,(H2,25,27,28,29). The molecule has 1 saturated heterocycles. The fraction of sp³-hybridized carbons (Fsp3) is 0.217. The molecule has 0 saturated carbocycles. The van der Waals surface area contributed by atoms with Gasteiger partial charge in [-0.05, 0) is 55.7 Å². The molecule has 0 spiro atoms. The van der Waals surface area contributed by atoms with Crippen LogP contribution in [-0.4, -0.2) is 38.8 Å². The van der Waals surface area contributed by atoms with Gasteiger partial charge >= 0.3 is 0 Å². The van der Waals surface area contributed by atoms with E-state index >= 15 is 0 Å². The van der Waals surface area contributed by atoms with E-state index in [4.69, 9.17) is 11.6 Å². The van der Waals surface area contributed by atoms with Crippen molar-refractivity contribution in [3.8, 4) is 0 Å². The van der Waals surface area contributed by atoms with Crippen molar-refractivity contribution in [2.45, 2.75) is 19.3 Å². The fourth-order valence-corrected chi connectivity index (χ4v) is 4.58. The van der Waals surface area contributed by atoms with Gasteiger partial charge in [-0.3, -0.25) is 4.79 Å². The number of hydrogen-bond donors (Lipinski definition) is 2. The number of nitrogens with one attached hydrogen (secondary N) is 2. The second-order valence-corrected chi connectivity index (χ2v) is 8.90. The number of likely N-dealkylation sites (tertiary alicyclic amines) is 1. The smallest absolute Gasteiger partial charge is 0.253 e. The molecule has 0 bridgehead atoms. The van der Waals surface area contributed by atoms with Crippen LogP contribution in [0.25, 0.3) is 10.2 Å². The minimum absolute atomic E-state index is 0.0583. The van der Waals surface area contributed by atoms with Gasteiger partial charge in [-0.1, -0.05) is 17.7 Å². The van der Waals surface area contributed by atoms with Crippen LogP contribution in [0.1, 0.15) is 29.6 Å². The molecule has 2 N–H and O–H groups in total. The first-order valence-corrected chi connectivity index (χ1v) is 11.7. The SMILES string of the molecule is O=C(c1cccc(Nc2nc(Nc3ccc4ncsc4c3)ncc2Cl)c1)N1CCCCC1. The highest BCUT2D eigenvalue weighted by Crippen LogP contribution is 2.27. The van der Waals surface area contributed by atoms with Crippen molar-refractivity contribution in [1.82, 2.24) is 19.9 Å². The van der Waals surface area contributed by atoms with Gasteiger partial charge in [-0.2, -0.15) is 4.98 Å². The molecule has 5 rings (SSSR count). The van der Waals surface area contributed by atoms with Crippen molar-refractivity contribution in [1.29, 1.82) is 0 Å². The summed E-state index contributed by atoms with van der Waals surface area (Å²) >= 11 is 7.92. The first kappa shape index (κ1) is 20.7. The van der Waals surface area contributed by atoms with E-state index in [0.29, 0.717) is 22.4 Å². The van der Waals surface area contributed by atoms with Crippen molar-refractivity contribution < 1.29 is 4.79 Å². The van der Waals surface area contributed by atoms with Gasteiger partial charge < -0.3 is 15.5 Å². The number of fused-ring (bicyclic) bond motifs is 1. The van der Waals surface area contributed by atoms with Crippen LogP contribution in [0.4, 0.5) is 23.1 Å². The molecular weight excluding hydrogens is 444 g/mol. The topological polar surface area (TPSA) is 83.0 Å². The lowest BCUT2D eigenvalue weighted by atomic mass is 10.1. The van der Waals surface area contributed by atoms with E-state index in [1.807, 2.05) is 52.9 Å². The highest BCUT2D eigenvalue weighted by molar-refractivity contribution is 7.16. The van der Waals surface area contributed by atoms with Crippen molar-refractivity contribution >= 4 is 62.2 Å². The molecular formula is C23H21ClN6OS. The molecule has 0 unspecified atom stereocenters. The van der Waals surface area contributed by atoms with Gasteiger partial charge in [-0.25, -0.2) is 9.97 Å². The van der Waals surface area contributed by atoms with E-state index in [9.17, 15) is 4.79 Å². The summed E-state index contributed by atoms with van der Waals surface area (Å²) < 4.78 is 1.08. The lowest BCUT2D eigenvalue weighted by Gasteiger charge is -2.26. The van der Waals surface area contributed by atoms with Crippen molar-refractivity contribution in [3.63, 3.8) is 0 Å². The van der Waals surface area contributed by atoms with E-state index in [-0.39, 0.29) is 5.91 Å². The summed E-state index contributed by atoms with van der Waals surface area (Å²) in [6.45, 7) is 1.63. The number of nitrogens with zero attached hydrogens (tertiary/aromatic N) is 4. The van der Waals surface area contributed by atoms with Crippen molar-refractivity contribution in [2.24, 2.45) is 0 Å². The number of hydrogen-bond acceptors (Lipinski definition) is 7. The molecule has 4 aromatic rings. The monoisotopic (exact) mass is 464 g/mol. The summed E-state index contributed by atoms with van der Waals surface area (Å²) in [5.74, 6) is 0.940. The Bertz CT molecular complexity index is 1270. The molecule has 0 aliphatic carbocycles. The van der Waals surface area contributed by atoms with Gasteiger partial charge in [0.15, 0.2) is 5.82 Å². The molecule has 0 radical (unpaired) electrons. The van der Waals surface area contributed by atoms with Crippen molar-refractivity contribution in [3.05, 3.63) is 64.8 Å². The van der Waals surface area contributed by atoms with Crippen LogP contribution in [0.15, 0.2) is 54.2 Å². The molecule has 162 valence electrons. The Hall–Kier alpha value is -3.23. The van der Waals surface area contributed by atoms with Gasteiger partial charge in [0, 0.05) is 30.0 Å². The maximum atomic E-state index is 12.8. The van der Waals surface area contributed by atoms with E-state index in [1.54, 1.807) is 17.5 Å². The van der Waals surface area contributed by atoms with Crippen molar-refractivity contribution in [2.75, 3.05) is 23.7 Å². The molecule has 2 aromatic carbocycles. The lowest BCUT2D eigenvalue weighted by Crippen LogP contribution is -2.35. The first-order valence-electron chi connectivity index (χ1n) is 10.4. The summed E-state index contributed by atoms with van der Waals surface area (Å²) in [5.41, 5.74) is 5.03. The van der Waals surface area contributed by atoms with Gasteiger partial charge in [-0.15, -0.1) is 11.3 Å². The predicted octanol–water partition coefficient (Wildman–Crippen LogP) is 5.85. The maximum Gasteiger partial charge on any atom is 0.253 e. The maximum absolute atomic E-state index is 12.8. The molecule has 1 fully saturated rings. The summed E-state index contributed by atoms with van der Waals surface area (Å²) in [4.78, 5) is 27.9. The number of benzene rings is 2. The minimum atomic E-state index is 0.0583. The van der Waals surface area contributed by atoms with Gasteiger partial charge in [0.25, 0.3) is 5.91 Å². The number of thiazole rings is 1. The molecule has 2 aromatic heterocycles. The molecule has 7 nitrogen and oxygen atoms in total. The van der Waals surface area contributed by atoms with Gasteiger partial charge in [0.1, 0.15) is 5.02 Å². The number of piperidine rings is 1. The van der Waals surface area contributed by atoms with E-state index < -0.39 is 0 Å². The number of halogens is 1. The number of anilines is 4. The third kappa shape index (κ3) is 4.51. The zero-order chi connectivity index (χ0) is 21.9. The van der Waals surface area contributed by atoms with Gasteiger partial charge in [0.2, 0.25) is 5.95 Å². The summed E-state index contributed by atoms with van der Waals surface area (Å²) in [5, 5.41) is 6.82. The normalized spacial score (nSPS) is 13.8. The van der Waals surface area contributed by atoms with E-state index in [0.717, 1.165) is 47.5 Å². The molecule has 1 amide bonds. The number of rotatable bonds is 5. The van der Waals surface area contributed by atoms with Crippen LogP contribution in [0.2, 0.25) is 5.02 Å². The third-order valence-corrected chi connectivity index (χ3v) is 6.42. The average Bonchev–Trinajstić information content (AvgIpc) is 3.29. The highest BCUT2D eigenvalue weighted by Gasteiger charge is 2.18. The Morgan fingerprint density at radius 2 is 1.84 bits per heavy atom. The molecule has 9 heteroatoms. The Morgan fingerprint density at radius 3 is 2.72 bits per heavy atom. The Labute approximate surface area is 194 Å². The fourth-order valence-electron chi connectivity index (χ4n) is 3.72. The third-order valence-electron chi connectivity index (χ3n) is 5.35. The van der Waals surface area contributed by atoms with Crippen LogP contribution >= 0.6 is 22.9 Å². The zero-order valence-electron chi connectivity index (χ0n) is 17.2. The summed E-state index contributed by atoms with van der Waals surface area (Å²) in [6.07, 6.45) is 4.86. The number of carbonyl (C=O) groups excluding carboxylic acids is 1. The molecule has 1 aliphatic heterocycles. The highest BCUT2D eigenvalue weighted by atomic mass is 35.5.